The van der Waals surface area contributed by atoms with Crippen molar-refractivity contribution in [2.75, 3.05) is 0 Å². The molecule has 5 heteroatoms. The zero-order chi connectivity index (χ0) is 4.12. The molecule has 2 nitrogen and oxygen atoms in total. The number of hydrogen-bond acceptors (Lipinski definition) is 2. The van der Waals surface area contributed by atoms with E-state index in [1.807, 2.05) is 7.74 Å². The summed E-state index contributed by atoms with van der Waals surface area (Å²) in [4.78, 5) is 0. The zero-order valence-electron chi connectivity index (χ0n) is 3.14. The molecule has 0 aromatic heterocycles. The molecule has 0 radical (unpaired) electrons. The van der Waals surface area contributed by atoms with Crippen LogP contribution in [0.3, 0.4) is 0 Å². The molecule has 0 fully saturated rings. The third-order valence-corrected chi connectivity index (χ3v) is 0.215. The molecule has 24 valence electrons. The second-order valence-corrected chi connectivity index (χ2v) is 0.605. The predicted octanol–water partition coefficient (Wildman–Crippen LogP) is -2.34. The van der Waals surface area contributed by atoms with Crippen LogP contribution >= 0.6 is 0 Å². The summed E-state index contributed by atoms with van der Waals surface area (Å²) >= 11 is 0. The Balaban J connectivity index is 2.62. The molecule has 0 aromatic carbocycles. The normalized spacial score (nSPS) is 5.80. The Kier molecular flexibility index (Phi) is 3.92. The van der Waals surface area contributed by atoms with Gasteiger partial charge in [-0.2, -0.15) is 0 Å². The van der Waals surface area contributed by atoms with Crippen LogP contribution < -0.4 is 5.90 Å². The third kappa shape index (κ3) is 3.95. The summed E-state index contributed by atoms with van der Waals surface area (Å²) in [7, 11) is 3.23. The van der Waals surface area contributed by atoms with Crippen LogP contribution in [0.5, 0.6) is 0 Å². The van der Waals surface area contributed by atoms with Gasteiger partial charge in [0.05, 0.1) is 0 Å². The number of nitrogens with two attached hydrogens (primary N) is 1. The van der Waals surface area contributed by atoms with Gasteiger partial charge >= 0.3 is 32.1 Å². The maximum absolute atomic E-state index is 4.55. The molecule has 0 saturated carbocycles. The Morgan fingerprint density at radius 1 is 1.80 bits per heavy atom. The summed E-state index contributed by atoms with van der Waals surface area (Å²) in [6.07, 6.45) is 0. The Morgan fingerprint density at radius 3 is 2.40 bits per heavy atom. The van der Waals surface area contributed by atoms with Crippen LogP contribution in [0.4, 0.5) is 0 Å². The number of rotatable bonds is 1. The average Bonchev–Trinajstić information content (AvgIpc) is 1.41. The van der Waals surface area contributed by atoms with Crippen LogP contribution in [0.2, 0.25) is 0 Å². The van der Waals surface area contributed by atoms with Gasteiger partial charge in [0.15, 0.2) is 0 Å². The van der Waals surface area contributed by atoms with Crippen LogP contribution in [0.1, 0.15) is 0 Å². The van der Waals surface area contributed by atoms with E-state index in [-0.39, 0.29) is 0 Å². The van der Waals surface area contributed by atoms with E-state index in [0.717, 1.165) is 0 Å². The quantitative estimate of drug-likeness (QED) is 0.275. The Bertz CT molecular complexity index is 33.9. The van der Waals surface area contributed by atoms with Gasteiger partial charge in [0, 0.05) is 0 Å². The molecular weight excluding hydrogens is 62.4 g/mol. The third-order valence-electron chi connectivity index (χ3n) is 0.215. The van der Waals surface area contributed by atoms with E-state index in [1.165, 1.54) is 7.00 Å². The van der Waals surface area contributed by atoms with Crippen molar-refractivity contribution in [2.45, 2.75) is 0 Å². The molecule has 0 saturated heterocycles. The van der Waals surface area contributed by atoms with E-state index in [0.29, 0.717) is 0 Å². The van der Waals surface area contributed by atoms with Gasteiger partial charge in [0.1, 0.15) is 0 Å². The first-order valence-electron chi connectivity index (χ1n) is 1.38. The molecule has 0 aliphatic heterocycles. The first-order chi connectivity index (χ1) is 2.41. The van der Waals surface area contributed by atoms with Crippen molar-refractivity contribution in [3.8, 4) is 0 Å². The summed E-state index contributed by atoms with van der Waals surface area (Å²) in [5, 5.41) is 0. The Morgan fingerprint density at radius 2 is 2.40 bits per heavy atom. The zero-order valence-corrected chi connectivity index (χ0v) is 3.14. The van der Waals surface area contributed by atoms with Crippen molar-refractivity contribution in [3.63, 3.8) is 0 Å². The van der Waals surface area contributed by atoms with E-state index in [1.54, 1.807) is 6.69 Å². The Hall–Kier alpha value is -0.0452. The molecular formula is H4B3NO. The molecule has 5 heavy (non-hydrogen) atoms. The molecule has 0 atom stereocenters. The Labute approximate surface area is 33.2 Å². The second kappa shape index (κ2) is 3.95. The van der Waals surface area contributed by atoms with Gasteiger partial charge in [0.25, 0.3) is 0 Å². The molecule has 0 amide bonds. The van der Waals surface area contributed by atoms with E-state index in [2.05, 4.69) is 10.7 Å². The summed E-state index contributed by atoms with van der Waals surface area (Å²) in [6.45, 7) is 1.71. The fourth-order valence-corrected chi connectivity index (χ4v) is 0.0786. The topological polar surface area (TPSA) is 35.2 Å². The minimum atomic E-state index is 1.40. The van der Waals surface area contributed by atoms with Crippen LogP contribution in [0.15, 0.2) is 0 Å². The monoisotopic (exact) mass is 67.1 g/mol. The van der Waals surface area contributed by atoms with Crippen molar-refractivity contribution in [1.29, 1.82) is 0 Å². The van der Waals surface area contributed by atoms with Crippen molar-refractivity contribution < 1.29 is 4.76 Å². The molecule has 0 spiro atoms. The fourth-order valence-electron chi connectivity index (χ4n) is 0.0786. The SMILES string of the molecule is BB=BON. The van der Waals surface area contributed by atoms with Crippen LogP contribution in [0.25, 0.3) is 0 Å². The van der Waals surface area contributed by atoms with Crippen LogP contribution in [-0.2, 0) is 4.76 Å². The van der Waals surface area contributed by atoms with Crippen molar-refractivity contribution in [2.24, 2.45) is 5.90 Å². The predicted molar refractivity (Wildman–Crippen MR) is 25.3 cm³/mol. The minimum absolute atomic E-state index is 1.40. The van der Waals surface area contributed by atoms with Gasteiger partial charge in [-0.05, 0) is 0 Å². The summed E-state index contributed by atoms with van der Waals surface area (Å²) in [5.74, 6) is 4.55. The average molecular weight is 66.5 g/mol. The van der Waals surface area contributed by atoms with Gasteiger partial charge in [-0.25, -0.2) is 0 Å². The molecule has 0 aromatic rings. The molecule has 2 N–H and O–H groups in total. The molecule has 0 bridgehead atoms. The van der Waals surface area contributed by atoms with E-state index in [9.17, 15) is 0 Å². The molecule has 0 rings (SSSR count). The van der Waals surface area contributed by atoms with Gasteiger partial charge in [-0.1, -0.05) is 0 Å². The standard InChI is InChI=1S/B3H4NO/c1-2-3-5-4/h1,4H2. The van der Waals surface area contributed by atoms with Crippen LogP contribution in [0, 0.1) is 0 Å². The second-order valence-electron chi connectivity index (χ2n) is 0.605. The molecule has 0 aliphatic carbocycles. The first-order valence-corrected chi connectivity index (χ1v) is 1.38. The van der Waals surface area contributed by atoms with Crippen LogP contribution in [-0.4, -0.2) is 21.4 Å². The van der Waals surface area contributed by atoms with Crippen molar-refractivity contribution in [1.82, 2.24) is 0 Å². The van der Waals surface area contributed by atoms with Crippen molar-refractivity contribution >= 4 is 21.4 Å². The summed E-state index contributed by atoms with van der Waals surface area (Å²) < 4.78 is 4.01. The van der Waals surface area contributed by atoms with Gasteiger partial charge in [0.2, 0.25) is 0 Å². The molecule has 0 unspecified atom stereocenters. The van der Waals surface area contributed by atoms with E-state index >= 15 is 0 Å². The molecule has 0 aliphatic rings. The van der Waals surface area contributed by atoms with E-state index < -0.39 is 0 Å². The van der Waals surface area contributed by atoms with Crippen molar-refractivity contribution in [3.05, 3.63) is 0 Å². The van der Waals surface area contributed by atoms with Gasteiger partial charge in [-0.3, -0.25) is 0 Å². The van der Waals surface area contributed by atoms with Gasteiger partial charge < -0.3 is 0 Å². The van der Waals surface area contributed by atoms with Gasteiger partial charge in [-0.15, -0.1) is 0 Å². The van der Waals surface area contributed by atoms with E-state index in [4.69, 9.17) is 0 Å². The first kappa shape index (κ1) is 4.95. The fraction of sp³-hybridized carbons (Fsp3) is 0. The maximum atomic E-state index is 4.55. The summed E-state index contributed by atoms with van der Waals surface area (Å²) in [6, 6.07) is 0. The number of hydrogen-bond donors (Lipinski definition) is 1. The molecule has 0 heterocycles. The summed E-state index contributed by atoms with van der Waals surface area (Å²) in [5.41, 5.74) is 0.